The van der Waals surface area contributed by atoms with Gasteiger partial charge >= 0.3 is 6.03 Å². The number of amides is 3. The summed E-state index contributed by atoms with van der Waals surface area (Å²) in [6.07, 6.45) is 1.64. The lowest BCUT2D eigenvalue weighted by Crippen LogP contribution is -2.30. The van der Waals surface area contributed by atoms with E-state index in [1.807, 2.05) is 13.0 Å². The Balaban J connectivity index is 2.38. The molecule has 1 aliphatic rings. The van der Waals surface area contributed by atoms with E-state index in [2.05, 4.69) is 27.9 Å². The molecule has 0 saturated carbocycles. The average Bonchev–Trinajstić information content (AvgIpc) is 2.75. The number of rotatable bonds is 5. The Kier molecular flexibility index (Phi) is 5.28. The van der Waals surface area contributed by atoms with Gasteiger partial charge in [-0.2, -0.15) is 0 Å². The van der Waals surface area contributed by atoms with E-state index < -0.39 is 6.03 Å². The van der Waals surface area contributed by atoms with Gasteiger partial charge in [-0.15, -0.1) is 0 Å². The number of halogens is 1. The fourth-order valence-corrected chi connectivity index (χ4v) is 2.91. The van der Waals surface area contributed by atoms with Crippen LogP contribution in [0, 0.1) is 3.57 Å². The van der Waals surface area contributed by atoms with Gasteiger partial charge in [-0.05, 0) is 60.2 Å². The van der Waals surface area contributed by atoms with Gasteiger partial charge in [-0.25, -0.2) is 4.79 Å². The van der Waals surface area contributed by atoms with Crippen LogP contribution in [-0.2, 0) is 4.79 Å². The van der Waals surface area contributed by atoms with Crippen LogP contribution in [0.3, 0.4) is 0 Å². The minimum absolute atomic E-state index is 0.258. The number of urea groups is 1. The van der Waals surface area contributed by atoms with Crippen LogP contribution in [0.5, 0.6) is 11.5 Å². The van der Waals surface area contributed by atoms with Crippen LogP contribution >= 0.6 is 22.6 Å². The van der Waals surface area contributed by atoms with Crippen molar-refractivity contribution in [1.29, 1.82) is 0 Å². The molecule has 0 aromatic heterocycles. The maximum Gasteiger partial charge on any atom is 0.328 e. The van der Waals surface area contributed by atoms with Crippen molar-refractivity contribution in [3.05, 3.63) is 27.0 Å². The van der Waals surface area contributed by atoms with E-state index in [4.69, 9.17) is 9.47 Å². The van der Waals surface area contributed by atoms with Gasteiger partial charge in [0.15, 0.2) is 11.5 Å². The fraction of sp³-hybridized carbons (Fsp3) is 0.333. The lowest BCUT2D eigenvalue weighted by Gasteiger charge is -2.12. The second kappa shape index (κ2) is 6.99. The minimum atomic E-state index is -0.397. The number of hydrogen-bond acceptors (Lipinski definition) is 4. The smallest absolute Gasteiger partial charge is 0.328 e. The molecule has 0 unspecified atom stereocenters. The van der Waals surface area contributed by atoms with Gasteiger partial charge in [0.05, 0.1) is 17.3 Å². The number of nitrogens with zero attached hydrogens (tertiary/aromatic N) is 1. The second-order valence-corrected chi connectivity index (χ2v) is 5.67. The molecule has 1 N–H and O–H groups in total. The van der Waals surface area contributed by atoms with Crippen molar-refractivity contribution in [2.45, 2.75) is 13.8 Å². The van der Waals surface area contributed by atoms with Gasteiger partial charge in [0.1, 0.15) is 5.70 Å². The molecule has 22 heavy (non-hydrogen) atoms. The normalized spacial score (nSPS) is 16.2. The monoisotopic (exact) mass is 416 g/mol. The Bertz CT molecular complexity index is 643. The van der Waals surface area contributed by atoms with Crippen molar-refractivity contribution in [2.75, 3.05) is 20.3 Å². The third-order valence-corrected chi connectivity index (χ3v) is 3.93. The van der Waals surface area contributed by atoms with Crippen LogP contribution in [0.25, 0.3) is 6.08 Å². The molecule has 1 aromatic carbocycles. The number of carbonyl (C=O) groups is 2. The first-order valence-corrected chi connectivity index (χ1v) is 7.94. The van der Waals surface area contributed by atoms with Crippen molar-refractivity contribution < 1.29 is 19.1 Å². The molecule has 0 radical (unpaired) electrons. The van der Waals surface area contributed by atoms with Gasteiger partial charge in [-0.1, -0.05) is 0 Å². The Morgan fingerprint density at radius 1 is 1.32 bits per heavy atom. The molecule has 1 aliphatic heterocycles. The first kappa shape index (κ1) is 16.6. The third-order valence-electron chi connectivity index (χ3n) is 3.13. The summed E-state index contributed by atoms with van der Waals surface area (Å²) in [5.74, 6) is 0.935. The number of nitrogens with one attached hydrogen (secondary N) is 1. The standard InChI is InChI=1S/C15H17IN2O4/c1-4-18-14(19)11(17-15(18)20)7-9-6-10(16)13(22-5-2)12(8-9)21-3/h6-8H,4-5H2,1-3H3,(H,17,20). The van der Waals surface area contributed by atoms with Gasteiger partial charge in [0, 0.05) is 6.54 Å². The van der Waals surface area contributed by atoms with Crippen molar-refractivity contribution in [3.63, 3.8) is 0 Å². The number of benzene rings is 1. The average molecular weight is 416 g/mol. The molecule has 0 bridgehead atoms. The van der Waals surface area contributed by atoms with E-state index in [0.717, 1.165) is 14.0 Å². The minimum Gasteiger partial charge on any atom is -0.493 e. The Morgan fingerprint density at radius 3 is 2.59 bits per heavy atom. The number of likely N-dealkylation sites (N-methyl/N-ethyl adjacent to an activating group) is 1. The van der Waals surface area contributed by atoms with Gasteiger partial charge in [0.2, 0.25) is 0 Å². The molecule has 1 aromatic rings. The zero-order valence-electron chi connectivity index (χ0n) is 12.6. The summed E-state index contributed by atoms with van der Waals surface area (Å²) in [4.78, 5) is 24.9. The van der Waals surface area contributed by atoms with Crippen LogP contribution in [-0.4, -0.2) is 37.1 Å². The number of methoxy groups -OCH3 is 1. The topological polar surface area (TPSA) is 67.9 Å². The number of ether oxygens (including phenoxy) is 2. The quantitative estimate of drug-likeness (QED) is 0.455. The molecular weight excluding hydrogens is 399 g/mol. The molecule has 118 valence electrons. The lowest BCUT2D eigenvalue weighted by molar-refractivity contribution is -0.122. The maximum atomic E-state index is 12.1. The predicted octanol–water partition coefficient (Wildman–Crippen LogP) is 2.61. The molecule has 1 saturated heterocycles. The maximum absolute atomic E-state index is 12.1. The highest BCUT2D eigenvalue weighted by Crippen LogP contribution is 2.34. The highest BCUT2D eigenvalue weighted by Gasteiger charge is 2.32. The molecule has 0 spiro atoms. The summed E-state index contributed by atoms with van der Waals surface area (Å²) >= 11 is 2.15. The molecule has 6 nitrogen and oxygen atoms in total. The number of hydrogen-bond donors (Lipinski definition) is 1. The first-order chi connectivity index (χ1) is 10.5. The van der Waals surface area contributed by atoms with Gasteiger partial charge in [0.25, 0.3) is 5.91 Å². The van der Waals surface area contributed by atoms with E-state index >= 15 is 0 Å². The van der Waals surface area contributed by atoms with Crippen molar-refractivity contribution in [1.82, 2.24) is 10.2 Å². The zero-order valence-corrected chi connectivity index (χ0v) is 14.8. The van der Waals surface area contributed by atoms with Crippen LogP contribution in [0.2, 0.25) is 0 Å². The second-order valence-electron chi connectivity index (χ2n) is 4.50. The van der Waals surface area contributed by atoms with Crippen LogP contribution in [0.1, 0.15) is 19.4 Å². The van der Waals surface area contributed by atoms with Crippen molar-refractivity contribution in [2.24, 2.45) is 0 Å². The number of imide groups is 1. The summed E-state index contributed by atoms with van der Waals surface area (Å²) in [7, 11) is 1.56. The fourth-order valence-electron chi connectivity index (χ4n) is 2.13. The molecule has 0 aliphatic carbocycles. The Labute approximate surface area is 142 Å². The third kappa shape index (κ3) is 3.18. The largest absolute Gasteiger partial charge is 0.493 e. The van der Waals surface area contributed by atoms with Gasteiger partial charge < -0.3 is 14.8 Å². The molecule has 3 amide bonds. The van der Waals surface area contributed by atoms with E-state index in [1.54, 1.807) is 26.2 Å². The van der Waals surface area contributed by atoms with E-state index in [0.29, 0.717) is 24.7 Å². The molecule has 1 fully saturated rings. The summed E-state index contributed by atoms with van der Waals surface area (Å²) < 4.78 is 11.8. The van der Waals surface area contributed by atoms with Crippen molar-refractivity contribution >= 4 is 40.6 Å². The SMILES string of the molecule is CCOc1c(I)cc(C=C2NC(=O)N(CC)C2=O)cc1OC. The van der Waals surface area contributed by atoms with Crippen LogP contribution in [0.4, 0.5) is 4.79 Å². The summed E-state index contributed by atoms with van der Waals surface area (Å²) in [6, 6.07) is 3.25. The van der Waals surface area contributed by atoms with Crippen molar-refractivity contribution in [3.8, 4) is 11.5 Å². The lowest BCUT2D eigenvalue weighted by atomic mass is 10.1. The molecule has 0 atom stereocenters. The number of carbonyl (C=O) groups excluding carboxylic acids is 2. The van der Waals surface area contributed by atoms with Crippen LogP contribution < -0.4 is 14.8 Å². The van der Waals surface area contributed by atoms with E-state index in [-0.39, 0.29) is 11.6 Å². The highest BCUT2D eigenvalue weighted by molar-refractivity contribution is 14.1. The summed E-state index contributed by atoms with van der Waals surface area (Å²) in [5.41, 5.74) is 1.01. The highest BCUT2D eigenvalue weighted by atomic mass is 127. The van der Waals surface area contributed by atoms with E-state index in [1.165, 1.54) is 0 Å². The first-order valence-electron chi connectivity index (χ1n) is 6.86. The van der Waals surface area contributed by atoms with Gasteiger partial charge in [-0.3, -0.25) is 9.69 Å². The summed E-state index contributed by atoms with van der Waals surface area (Å²) in [6.45, 7) is 4.53. The molecular formula is C15H17IN2O4. The van der Waals surface area contributed by atoms with Crippen LogP contribution in [0.15, 0.2) is 17.8 Å². The Morgan fingerprint density at radius 2 is 2.05 bits per heavy atom. The van der Waals surface area contributed by atoms with E-state index in [9.17, 15) is 9.59 Å². The zero-order chi connectivity index (χ0) is 16.3. The molecule has 7 heteroatoms. The summed E-state index contributed by atoms with van der Waals surface area (Å²) in [5, 5.41) is 2.57. The predicted molar refractivity (Wildman–Crippen MR) is 90.8 cm³/mol. The molecule has 2 rings (SSSR count). The Hall–Kier alpha value is -1.77. The molecule has 1 heterocycles.